The lowest BCUT2D eigenvalue weighted by molar-refractivity contribution is -0.137. The molecule has 1 N–H and O–H groups in total. The number of ether oxygens (including phenoxy) is 1. The maximum absolute atomic E-state index is 14.0. The highest BCUT2D eigenvalue weighted by Gasteiger charge is 2.32. The number of pyridine rings is 1. The molecule has 10 heteroatoms. The lowest BCUT2D eigenvalue weighted by Crippen LogP contribution is -2.32. The molecule has 2 aromatic heterocycles. The number of methoxy groups -OCH3 is 1. The maximum atomic E-state index is 14.0. The molecule has 0 aliphatic carbocycles. The van der Waals surface area contributed by atoms with Crippen LogP contribution in [0, 0.1) is 5.82 Å². The SMILES string of the molecule is COCC(c1cc(F)cc(C(F)(F)F)c1)c1cc(-c2nccc3c2CCNC3=O)ncn1. The van der Waals surface area contributed by atoms with E-state index in [1.54, 1.807) is 12.1 Å². The van der Waals surface area contributed by atoms with E-state index in [9.17, 15) is 22.4 Å². The first kappa shape index (κ1) is 21.8. The molecule has 0 spiro atoms. The van der Waals surface area contributed by atoms with Gasteiger partial charge in [0.25, 0.3) is 5.91 Å². The number of halogens is 4. The third kappa shape index (κ3) is 4.31. The zero-order valence-corrected chi connectivity index (χ0v) is 16.9. The van der Waals surface area contributed by atoms with Crippen LogP contribution in [0.4, 0.5) is 17.6 Å². The van der Waals surface area contributed by atoms with Gasteiger partial charge < -0.3 is 10.1 Å². The van der Waals surface area contributed by atoms with Crippen LogP contribution < -0.4 is 5.32 Å². The number of rotatable bonds is 5. The minimum Gasteiger partial charge on any atom is -0.384 e. The fourth-order valence-corrected chi connectivity index (χ4v) is 3.76. The van der Waals surface area contributed by atoms with Crippen molar-refractivity contribution >= 4 is 5.91 Å². The molecule has 1 atom stereocenters. The molecule has 1 aliphatic rings. The van der Waals surface area contributed by atoms with E-state index in [1.807, 2.05) is 0 Å². The topological polar surface area (TPSA) is 77.0 Å². The predicted octanol–water partition coefficient (Wildman–Crippen LogP) is 3.76. The second kappa shape index (κ2) is 8.62. The number of benzene rings is 1. The van der Waals surface area contributed by atoms with E-state index < -0.39 is 23.5 Å². The summed E-state index contributed by atoms with van der Waals surface area (Å²) in [6, 6.07) is 5.57. The number of aromatic nitrogens is 3. The fraction of sp³-hybridized carbons (Fsp3) is 0.273. The highest BCUT2D eigenvalue weighted by Crippen LogP contribution is 2.34. The van der Waals surface area contributed by atoms with Gasteiger partial charge in [0, 0.05) is 31.3 Å². The highest BCUT2D eigenvalue weighted by atomic mass is 19.4. The first-order valence-corrected chi connectivity index (χ1v) is 9.73. The zero-order chi connectivity index (χ0) is 22.9. The number of fused-ring (bicyclic) bond motifs is 1. The van der Waals surface area contributed by atoms with Gasteiger partial charge in [0.15, 0.2) is 0 Å². The van der Waals surface area contributed by atoms with E-state index in [0.29, 0.717) is 41.7 Å². The van der Waals surface area contributed by atoms with Gasteiger partial charge in [-0.25, -0.2) is 14.4 Å². The fourth-order valence-electron chi connectivity index (χ4n) is 3.76. The quantitative estimate of drug-likeness (QED) is 0.604. The van der Waals surface area contributed by atoms with Crippen LogP contribution in [0.25, 0.3) is 11.4 Å². The zero-order valence-electron chi connectivity index (χ0n) is 16.9. The molecule has 3 heterocycles. The van der Waals surface area contributed by atoms with Crippen LogP contribution in [-0.2, 0) is 17.3 Å². The van der Waals surface area contributed by atoms with Crippen LogP contribution in [-0.4, -0.2) is 41.1 Å². The molecule has 32 heavy (non-hydrogen) atoms. The summed E-state index contributed by atoms with van der Waals surface area (Å²) in [5, 5.41) is 2.76. The van der Waals surface area contributed by atoms with E-state index in [2.05, 4.69) is 20.3 Å². The lowest BCUT2D eigenvalue weighted by atomic mass is 9.92. The Morgan fingerprint density at radius 2 is 1.97 bits per heavy atom. The number of nitrogens with one attached hydrogen (secondary N) is 1. The van der Waals surface area contributed by atoms with Gasteiger partial charge in [-0.2, -0.15) is 13.2 Å². The van der Waals surface area contributed by atoms with Gasteiger partial charge in [-0.1, -0.05) is 0 Å². The molecule has 1 aromatic carbocycles. The number of carbonyl (C=O) groups is 1. The molecule has 166 valence electrons. The number of amides is 1. The van der Waals surface area contributed by atoms with Crippen LogP contribution in [0.3, 0.4) is 0 Å². The molecule has 0 radical (unpaired) electrons. The van der Waals surface area contributed by atoms with Crippen molar-refractivity contribution in [2.45, 2.75) is 18.5 Å². The Morgan fingerprint density at radius 1 is 1.16 bits per heavy atom. The summed E-state index contributed by atoms with van der Waals surface area (Å²) in [7, 11) is 1.40. The van der Waals surface area contributed by atoms with Gasteiger partial charge in [-0.15, -0.1) is 0 Å². The number of carbonyl (C=O) groups excluding carboxylic acids is 1. The van der Waals surface area contributed by atoms with Gasteiger partial charge in [0.05, 0.1) is 29.3 Å². The molecule has 1 unspecified atom stereocenters. The standard InChI is InChI=1S/C22H18F4N4O2/c1-32-10-17(12-6-13(22(24,25)26)8-14(23)7-12)18-9-19(30-11-29-18)20-15-2-5-28-21(31)16(15)3-4-27-20/h3-4,6-9,11,17H,2,5,10H2,1H3,(H,28,31). The van der Waals surface area contributed by atoms with Crippen molar-refractivity contribution in [1.29, 1.82) is 0 Å². The van der Waals surface area contributed by atoms with Crippen molar-refractivity contribution in [2.24, 2.45) is 0 Å². The third-order valence-electron chi connectivity index (χ3n) is 5.23. The van der Waals surface area contributed by atoms with E-state index in [1.165, 1.54) is 19.6 Å². The molecule has 0 saturated heterocycles. The molecule has 1 amide bonds. The first-order chi connectivity index (χ1) is 15.3. The Hall–Kier alpha value is -3.40. The second-order valence-corrected chi connectivity index (χ2v) is 7.30. The van der Waals surface area contributed by atoms with E-state index in [-0.39, 0.29) is 18.1 Å². The Morgan fingerprint density at radius 3 is 2.72 bits per heavy atom. The molecule has 0 bridgehead atoms. The molecular weight excluding hydrogens is 428 g/mol. The van der Waals surface area contributed by atoms with Crippen LogP contribution in [0.15, 0.2) is 42.9 Å². The summed E-state index contributed by atoms with van der Waals surface area (Å²) in [5.74, 6) is -1.99. The van der Waals surface area contributed by atoms with Crippen molar-refractivity contribution in [3.8, 4) is 11.4 Å². The van der Waals surface area contributed by atoms with Crippen molar-refractivity contribution in [3.05, 3.63) is 76.6 Å². The average Bonchev–Trinajstić information content (AvgIpc) is 2.76. The summed E-state index contributed by atoms with van der Waals surface area (Å²) in [6.45, 7) is 0.429. The summed E-state index contributed by atoms with van der Waals surface area (Å²) in [5.41, 5.74) is 1.46. The lowest BCUT2D eigenvalue weighted by Gasteiger charge is -2.20. The highest BCUT2D eigenvalue weighted by molar-refractivity contribution is 5.98. The third-order valence-corrected chi connectivity index (χ3v) is 5.23. The summed E-state index contributed by atoms with van der Waals surface area (Å²) >= 11 is 0. The molecule has 6 nitrogen and oxygen atoms in total. The molecule has 4 rings (SSSR count). The molecule has 0 fully saturated rings. The van der Waals surface area contributed by atoms with Gasteiger partial charge in [-0.05, 0) is 47.9 Å². The molecular formula is C22H18F4N4O2. The number of hydrogen-bond donors (Lipinski definition) is 1. The van der Waals surface area contributed by atoms with E-state index in [0.717, 1.165) is 17.7 Å². The smallest absolute Gasteiger partial charge is 0.384 e. The monoisotopic (exact) mass is 446 g/mol. The first-order valence-electron chi connectivity index (χ1n) is 9.73. The second-order valence-electron chi connectivity index (χ2n) is 7.30. The molecule has 3 aromatic rings. The van der Waals surface area contributed by atoms with Gasteiger partial charge in [-0.3, -0.25) is 9.78 Å². The number of alkyl halides is 3. The van der Waals surface area contributed by atoms with Crippen LogP contribution in [0.1, 0.15) is 38.7 Å². The molecule has 0 saturated carbocycles. The summed E-state index contributed by atoms with van der Waals surface area (Å²) < 4.78 is 58.9. The van der Waals surface area contributed by atoms with Gasteiger partial charge >= 0.3 is 6.18 Å². The Labute approximate surface area is 180 Å². The van der Waals surface area contributed by atoms with Crippen molar-refractivity contribution < 1.29 is 27.1 Å². The van der Waals surface area contributed by atoms with Crippen molar-refractivity contribution in [3.63, 3.8) is 0 Å². The molecule has 1 aliphatic heterocycles. The summed E-state index contributed by atoms with van der Waals surface area (Å²) in [6.07, 6.45) is -1.38. The Balaban J connectivity index is 1.79. The number of hydrogen-bond acceptors (Lipinski definition) is 5. The summed E-state index contributed by atoms with van der Waals surface area (Å²) in [4.78, 5) is 25.0. The maximum Gasteiger partial charge on any atom is 0.416 e. The normalized spacial score (nSPS) is 14.6. The van der Waals surface area contributed by atoms with Gasteiger partial charge in [0.1, 0.15) is 12.1 Å². The predicted molar refractivity (Wildman–Crippen MR) is 106 cm³/mol. The Bertz CT molecular complexity index is 1170. The minimum absolute atomic E-state index is 0.0278. The average molecular weight is 446 g/mol. The van der Waals surface area contributed by atoms with Crippen LogP contribution >= 0.6 is 0 Å². The van der Waals surface area contributed by atoms with Crippen LogP contribution in [0.5, 0.6) is 0 Å². The Kier molecular flexibility index (Phi) is 5.88. The van der Waals surface area contributed by atoms with Crippen molar-refractivity contribution in [2.75, 3.05) is 20.3 Å². The van der Waals surface area contributed by atoms with Gasteiger partial charge in [0.2, 0.25) is 0 Å². The van der Waals surface area contributed by atoms with E-state index >= 15 is 0 Å². The minimum atomic E-state index is -4.70. The van der Waals surface area contributed by atoms with E-state index in [4.69, 9.17) is 4.74 Å². The van der Waals surface area contributed by atoms with Crippen molar-refractivity contribution in [1.82, 2.24) is 20.3 Å². The number of nitrogens with zero attached hydrogens (tertiary/aromatic N) is 3. The van der Waals surface area contributed by atoms with Crippen LogP contribution in [0.2, 0.25) is 0 Å². The largest absolute Gasteiger partial charge is 0.416 e.